The second-order valence-corrected chi connectivity index (χ2v) is 14.6. The van der Waals surface area contributed by atoms with E-state index in [1.807, 2.05) is 78.9 Å². The molecule has 0 unspecified atom stereocenters. The number of nitrogens with one attached hydrogen (secondary N) is 4. The van der Waals surface area contributed by atoms with E-state index in [9.17, 15) is 0 Å². The lowest BCUT2D eigenvalue weighted by Crippen LogP contribution is -2.11. The van der Waals surface area contributed by atoms with Gasteiger partial charge in [0.05, 0.1) is 5.39 Å². The average molecular weight is 769 g/mol. The Bertz CT molecular complexity index is 3450. The number of hydrogen-bond acceptors (Lipinski definition) is 5. The molecule has 4 N–H and O–H groups in total. The van der Waals surface area contributed by atoms with Gasteiger partial charge in [-0.1, -0.05) is 109 Å². The van der Waals surface area contributed by atoms with Crippen LogP contribution >= 0.6 is 0 Å². The average Bonchev–Trinajstić information content (AvgIpc) is 4.00. The molecule has 0 fully saturated rings. The van der Waals surface area contributed by atoms with E-state index in [4.69, 9.17) is 24.7 Å². The number of aromatic amines is 4. The largest absolute Gasteiger partial charge is 0.456 e. The van der Waals surface area contributed by atoms with Crippen molar-refractivity contribution in [3.63, 3.8) is 0 Å². The third-order valence-electron chi connectivity index (χ3n) is 11.0. The van der Waals surface area contributed by atoms with E-state index >= 15 is 0 Å². The zero-order valence-corrected chi connectivity index (χ0v) is 32.4. The van der Waals surface area contributed by atoms with Crippen molar-refractivity contribution >= 4 is 66.4 Å². The Labute approximate surface area is 339 Å². The third-order valence-corrected chi connectivity index (χ3v) is 11.0. The van der Waals surface area contributed by atoms with Gasteiger partial charge < -0.3 is 24.7 Å². The molecule has 5 aromatic carbocycles. The molecule has 0 radical (unpaired) electrons. The summed E-state index contributed by atoms with van der Waals surface area (Å²) in [7, 11) is 0. The van der Waals surface area contributed by atoms with Crippen LogP contribution in [0.5, 0.6) is 11.5 Å². The number of ether oxygens (including phenoxy) is 1. The standard InChI is InChI=1S/C50H40N8O/c1-5-17-29-21-16-28-38-39(29)48-56-47(38)54-45-35-25-13-12-24-34(35)43(52-45)51-44-36-26-14-15-27-37(36)46(53-44)55-50-41-40(49(57-48)58-50)32(19-7-3)31(18-6-2)33(20-8-4)42(41)59-30-22-10-9-11-23-30/h5-16,21-28H,1-4,17-20H2,(H4,51,52,53,54,55,56,57,58). The summed E-state index contributed by atoms with van der Waals surface area (Å²) in [6.07, 6.45) is 10.1. The van der Waals surface area contributed by atoms with Gasteiger partial charge in [0.15, 0.2) is 0 Å². The van der Waals surface area contributed by atoms with Crippen LogP contribution in [0, 0.1) is 0 Å². The SMILES string of the molecule is C=CCc1c(CC=C)c(Oc2ccccc2)c2c3[nH]c(c2c1CC=C)=Nc1[nH]c(c2cccc(CC=C)c12)N=c1[nH]c(c2ccccc12)=Nc1[nH]c(c2ccccc12)N=3. The maximum Gasteiger partial charge on any atom is 0.145 e. The van der Waals surface area contributed by atoms with Gasteiger partial charge in [-0.3, -0.25) is 0 Å². The van der Waals surface area contributed by atoms with Crippen molar-refractivity contribution in [1.29, 1.82) is 0 Å². The molecule has 0 spiro atoms. The van der Waals surface area contributed by atoms with E-state index in [1.54, 1.807) is 0 Å². The molecule has 1 aliphatic rings. The van der Waals surface area contributed by atoms with Crippen molar-refractivity contribution in [2.45, 2.75) is 25.7 Å². The van der Waals surface area contributed by atoms with Crippen molar-refractivity contribution in [2.24, 2.45) is 20.0 Å². The Kier molecular flexibility index (Phi) is 8.83. The first-order chi connectivity index (χ1) is 29.1. The van der Waals surface area contributed by atoms with Crippen LogP contribution in [-0.2, 0) is 25.7 Å². The van der Waals surface area contributed by atoms with Gasteiger partial charge in [0.25, 0.3) is 0 Å². The van der Waals surface area contributed by atoms with Crippen LogP contribution in [0.2, 0.25) is 0 Å². The van der Waals surface area contributed by atoms with E-state index in [2.05, 4.69) is 88.7 Å². The Balaban J connectivity index is 1.45. The van der Waals surface area contributed by atoms with Crippen LogP contribution in [0.4, 0.5) is 23.3 Å². The Hall–Kier alpha value is -7.78. The van der Waals surface area contributed by atoms with Crippen LogP contribution < -0.4 is 26.7 Å². The van der Waals surface area contributed by atoms with Crippen molar-refractivity contribution < 1.29 is 4.74 Å². The molecule has 0 saturated heterocycles. The fourth-order valence-corrected chi connectivity index (χ4v) is 8.52. The molecule has 0 amide bonds. The summed E-state index contributed by atoms with van der Waals surface area (Å²) in [4.78, 5) is 36.0. The number of hydrogen-bond donors (Lipinski definition) is 4. The number of H-pyrrole nitrogens is 4. The van der Waals surface area contributed by atoms with Gasteiger partial charge in [-0.15, -0.1) is 26.3 Å². The topological polar surface area (TPSA) is 122 Å². The fourth-order valence-electron chi connectivity index (χ4n) is 8.52. The van der Waals surface area contributed by atoms with Gasteiger partial charge in [0.2, 0.25) is 0 Å². The normalized spacial score (nSPS) is 12.1. The van der Waals surface area contributed by atoms with E-state index in [1.165, 1.54) is 0 Å². The zero-order chi connectivity index (χ0) is 40.0. The van der Waals surface area contributed by atoms with Crippen LogP contribution in [0.25, 0.3) is 43.1 Å². The molecule has 0 atom stereocenters. The second kappa shape index (κ2) is 14.6. The van der Waals surface area contributed by atoms with E-state index < -0.39 is 0 Å². The molecule has 5 heterocycles. The molecule has 59 heavy (non-hydrogen) atoms. The number of rotatable bonds is 10. The van der Waals surface area contributed by atoms with Crippen LogP contribution in [-0.4, -0.2) is 19.9 Å². The van der Waals surface area contributed by atoms with Gasteiger partial charge >= 0.3 is 0 Å². The second-order valence-electron chi connectivity index (χ2n) is 14.6. The predicted octanol–water partition coefficient (Wildman–Crippen LogP) is 10.4. The molecule has 8 bridgehead atoms. The number of aromatic nitrogens is 4. The Morgan fingerprint density at radius 3 is 1.56 bits per heavy atom. The number of nitrogens with zero attached hydrogens (tertiary/aromatic N) is 4. The van der Waals surface area contributed by atoms with Gasteiger partial charge in [0, 0.05) is 43.3 Å². The van der Waals surface area contributed by atoms with E-state index in [0.29, 0.717) is 82.4 Å². The first-order valence-corrected chi connectivity index (χ1v) is 19.7. The fraction of sp³-hybridized carbons (Fsp3) is 0.0800. The molecular weight excluding hydrogens is 729 g/mol. The molecule has 9 nitrogen and oxygen atoms in total. The maximum absolute atomic E-state index is 6.98. The van der Waals surface area contributed by atoms with Gasteiger partial charge in [-0.05, 0) is 54.5 Å². The van der Waals surface area contributed by atoms with Gasteiger partial charge in [-0.2, -0.15) is 0 Å². The minimum Gasteiger partial charge on any atom is -0.456 e. The molecule has 286 valence electrons. The molecule has 9 heteroatoms. The van der Waals surface area contributed by atoms with Crippen molar-refractivity contribution in [3.8, 4) is 11.5 Å². The molecule has 10 rings (SSSR count). The summed E-state index contributed by atoms with van der Waals surface area (Å²) in [5.41, 5.74) is 6.79. The number of benzene rings is 5. The number of allylic oxidation sites excluding steroid dienone is 4. The predicted molar refractivity (Wildman–Crippen MR) is 239 cm³/mol. The molecule has 0 aliphatic carbocycles. The van der Waals surface area contributed by atoms with Crippen molar-refractivity contribution in [3.05, 3.63) is 192 Å². The van der Waals surface area contributed by atoms with Gasteiger partial charge in [-0.25, -0.2) is 20.0 Å². The highest BCUT2D eigenvalue weighted by atomic mass is 16.5. The maximum atomic E-state index is 6.98. The smallest absolute Gasteiger partial charge is 0.145 e. The molecule has 1 aliphatic heterocycles. The molecular formula is C50H40N8O. The van der Waals surface area contributed by atoms with Crippen LogP contribution in [0.15, 0.2) is 168 Å². The minimum atomic E-state index is 0.555. The van der Waals surface area contributed by atoms with Crippen LogP contribution in [0.3, 0.4) is 0 Å². The summed E-state index contributed by atoms with van der Waals surface area (Å²) in [5.74, 6) is 4.00. The zero-order valence-electron chi connectivity index (χ0n) is 32.4. The number of fused-ring (bicyclic) bond motifs is 20. The summed E-state index contributed by atoms with van der Waals surface area (Å²) in [6.45, 7) is 16.6. The third kappa shape index (κ3) is 5.94. The first-order valence-electron chi connectivity index (χ1n) is 19.7. The number of para-hydroxylation sites is 1. The van der Waals surface area contributed by atoms with E-state index in [-0.39, 0.29) is 0 Å². The highest BCUT2D eigenvalue weighted by molar-refractivity contribution is 6.03. The first kappa shape index (κ1) is 35.6. The Morgan fingerprint density at radius 1 is 0.407 bits per heavy atom. The quantitative estimate of drug-likeness (QED) is 0.102. The van der Waals surface area contributed by atoms with Crippen molar-refractivity contribution in [2.75, 3.05) is 0 Å². The van der Waals surface area contributed by atoms with Gasteiger partial charge in [0.1, 0.15) is 56.7 Å². The summed E-state index contributed by atoms with van der Waals surface area (Å²) < 4.78 is 6.98. The highest BCUT2D eigenvalue weighted by Crippen LogP contribution is 2.41. The summed E-state index contributed by atoms with van der Waals surface area (Å²) >= 11 is 0. The van der Waals surface area contributed by atoms with E-state index in [0.717, 1.165) is 65.3 Å². The monoisotopic (exact) mass is 768 g/mol. The molecule has 4 aromatic heterocycles. The summed E-state index contributed by atoms with van der Waals surface area (Å²) in [6, 6.07) is 32.4. The lowest BCUT2D eigenvalue weighted by atomic mass is 9.89. The van der Waals surface area contributed by atoms with Crippen molar-refractivity contribution in [1.82, 2.24) is 19.9 Å². The Morgan fingerprint density at radius 2 is 0.898 bits per heavy atom. The lowest BCUT2D eigenvalue weighted by Gasteiger charge is -2.19. The molecule has 9 aromatic rings. The lowest BCUT2D eigenvalue weighted by molar-refractivity contribution is 0.482. The van der Waals surface area contributed by atoms with Crippen LogP contribution in [0.1, 0.15) is 22.3 Å². The molecule has 0 saturated carbocycles. The highest BCUT2D eigenvalue weighted by Gasteiger charge is 2.25. The summed E-state index contributed by atoms with van der Waals surface area (Å²) in [5, 5.41) is 7.30. The minimum absolute atomic E-state index is 0.555.